The number of aromatic nitrogens is 2. The minimum absolute atomic E-state index is 0.264. The van der Waals surface area contributed by atoms with Crippen LogP contribution >= 0.6 is 22.7 Å². The van der Waals surface area contributed by atoms with Gasteiger partial charge in [-0.2, -0.15) is 0 Å². The van der Waals surface area contributed by atoms with Gasteiger partial charge < -0.3 is 5.32 Å². The van der Waals surface area contributed by atoms with E-state index in [2.05, 4.69) is 38.8 Å². The highest BCUT2D eigenvalue weighted by molar-refractivity contribution is 7.13. The van der Waals surface area contributed by atoms with E-state index in [1.807, 2.05) is 13.1 Å². The van der Waals surface area contributed by atoms with Gasteiger partial charge >= 0.3 is 0 Å². The number of hydrogen-bond acceptors (Lipinski definition) is 6. The van der Waals surface area contributed by atoms with E-state index in [-0.39, 0.29) is 22.8 Å². The van der Waals surface area contributed by atoms with Crippen LogP contribution in [0.5, 0.6) is 0 Å². The average molecular weight is 376 g/mol. The van der Waals surface area contributed by atoms with Crippen LogP contribution in [0.2, 0.25) is 0 Å². The van der Waals surface area contributed by atoms with Gasteiger partial charge in [0, 0.05) is 16.6 Å². The van der Waals surface area contributed by atoms with Crippen molar-refractivity contribution in [2.24, 2.45) is 0 Å². The first-order valence-electron chi connectivity index (χ1n) is 7.66. The molecule has 1 atom stereocenters. The number of carbonyl (C=O) groups excluding carboxylic acids is 1. The lowest BCUT2D eigenvalue weighted by atomic mass is 10.2. The molecule has 0 saturated heterocycles. The molecule has 8 heteroatoms. The molecule has 0 aliphatic rings. The van der Waals surface area contributed by atoms with Crippen molar-refractivity contribution in [1.82, 2.24) is 15.1 Å². The Hall–Kier alpha value is -2.16. The third kappa shape index (κ3) is 4.47. The molecule has 0 radical (unpaired) electrons. The first-order valence-corrected chi connectivity index (χ1v) is 9.35. The third-order valence-electron chi connectivity index (χ3n) is 3.76. The van der Waals surface area contributed by atoms with Gasteiger partial charge in [-0.25, -0.2) is 4.39 Å². The van der Waals surface area contributed by atoms with Gasteiger partial charge in [0.2, 0.25) is 5.01 Å². The summed E-state index contributed by atoms with van der Waals surface area (Å²) in [6, 6.07) is 10.0. The molecule has 0 spiro atoms. The Morgan fingerprint density at radius 3 is 2.72 bits per heavy atom. The number of halogens is 1. The number of anilines is 1. The zero-order valence-electron chi connectivity index (χ0n) is 13.8. The van der Waals surface area contributed by atoms with Crippen LogP contribution in [0.15, 0.2) is 41.8 Å². The number of hydrogen-bond donors (Lipinski definition) is 1. The fraction of sp³-hybridized carbons (Fsp3) is 0.235. The Bertz CT molecular complexity index is 833. The molecule has 0 aliphatic carbocycles. The molecule has 1 unspecified atom stereocenters. The molecule has 0 fully saturated rings. The highest BCUT2D eigenvalue weighted by atomic mass is 32.1. The van der Waals surface area contributed by atoms with Gasteiger partial charge in [-0.3, -0.25) is 9.69 Å². The second-order valence-electron chi connectivity index (χ2n) is 5.57. The number of benzene rings is 1. The first kappa shape index (κ1) is 17.7. The van der Waals surface area contributed by atoms with Crippen LogP contribution in [-0.4, -0.2) is 28.1 Å². The lowest BCUT2D eigenvalue weighted by Crippen LogP contribution is -2.21. The molecule has 1 aromatic carbocycles. The van der Waals surface area contributed by atoms with Gasteiger partial charge in [0.25, 0.3) is 5.91 Å². The lowest BCUT2D eigenvalue weighted by molar-refractivity contribution is 0.102. The summed E-state index contributed by atoms with van der Waals surface area (Å²) < 4.78 is 12.9. The number of rotatable bonds is 6. The van der Waals surface area contributed by atoms with Crippen molar-refractivity contribution in [1.29, 1.82) is 0 Å². The summed E-state index contributed by atoms with van der Waals surface area (Å²) in [5.74, 6) is -0.691. The predicted molar refractivity (Wildman–Crippen MR) is 98.5 cm³/mol. The monoisotopic (exact) mass is 376 g/mol. The number of carbonyl (C=O) groups is 1. The topological polar surface area (TPSA) is 58.1 Å². The van der Waals surface area contributed by atoms with E-state index in [4.69, 9.17) is 0 Å². The Kier molecular flexibility index (Phi) is 5.52. The molecule has 3 aromatic rings. The summed E-state index contributed by atoms with van der Waals surface area (Å²) in [5, 5.41) is 13.9. The second-order valence-corrected chi connectivity index (χ2v) is 7.61. The van der Waals surface area contributed by atoms with E-state index in [0.29, 0.717) is 12.2 Å². The molecule has 5 nitrogen and oxygen atoms in total. The quantitative estimate of drug-likeness (QED) is 0.701. The van der Waals surface area contributed by atoms with E-state index in [1.54, 1.807) is 11.3 Å². The van der Waals surface area contributed by atoms with Gasteiger partial charge in [0.1, 0.15) is 10.8 Å². The normalized spacial score (nSPS) is 12.3. The smallest absolute Gasteiger partial charge is 0.286 e. The molecule has 0 saturated carbocycles. The van der Waals surface area contributed by atoms with Gasteiger partial charge in [-0.1, -0.05) is 17.4 Å². The van der Waals surface area contributed by atoms with Crippen LogP contribution in [0.4, 0.5) is 10.1 Å². The minimum Gasteiger partial charge on any atom is -0.320 e. The Balaban J connectivity index is 1.61. The van der Waals surface area contributed by atoms with Crippen LogP contribution in [0.1, 0.15) is 32.7 Å². The van der Waals surface area contributed by atoms with Crippen LogP contribution < -0.4 is 5.32 Å². The number of nitrogens with one attached hydrogen (secondary N) is 1. The number of nitrogens with zero attached hydrogens (tertiary/aromatic N) is 3. The van der Waals surface area contributed by atoms with Gasteiger partial charge in [0.15, 0.2) is 0 Å². The summed E-state index contributed by atoms with van der Waals surface area (Å²) in [5.41, 5.74) is 0.520. The van der Waals surface area contributed by atoms with E-state index in [1.165, 1.54) is 40.5 Å². The first-order chi connectivity index (χ1) is 12.0. The van der Waals surface area contributed by atoms with Crippen LogP contribution in [0.25, 0.3) is 0 Å². The van der Waals surface area contributed by atoms with Gasteiger partial charge in [0.05, 0.1) is 6.54 Å². The maximum atomic E-state index is 12.9. The molecule has 25 heavy (non-hydrogen) atoms. The van der Waals surface area contributed by atoms with Crippen molar-refractivity contribution in [3.63, 3.8) is 0 Å². The zero-order valence-corrected chi connectivity index (χ0v) is 15.4. The lowest BCUT2D eigenvalue weighted by Gasteiger charge is -2.22. The molecular weight excluding hydrogens is 359 g/mol. The molecule has 0 bridgehead atoms. The predicted octanol–water partition coefficient (Wildman–Crippen LogP) is 4.18. The number of thiophene rings is 1. The minimum atomic E-state index is -0.348. The maximum absolute atomic E-state index is 12.9. The average Bonchev–Trinajstić information content (AvgIpc) is 3.28. The van der Waals surface area contributed by atoms with Crippen molar-refractivity contribution >= 4 is 34.3 Å². The van der Waals surface area contributed by atoms with Crippen molar-refractivity contribution in [3.8, 4) is 0 Å². The molecule has 0 aliphatic heterocycles. The Labute approximate surface area is 153 Å². The molecule has 2 heterocycles. The van der Waals surface area contributed by atoms with E-state index >= 15 is 0 Å². The summed E-state index contributed by atoms with van der Waals surface area (Å²) in [7, 11) is 2.02. The summed E-state index contributed by atoms with van der Waals surface area (Å²) in [6.45, 7) is 2.75. The fourth-order valence-electron chi connectivity index (χ4n) is 2.22. The highest BCUT2D eigenvalue weighted by Gasteiger charge is 2.17. The van der Waals surface area contributed by atoms with Gasteiger partial charge in [-0.15, -0.1) is 21.5 Å². The van der Waals surface area contributed by atoms with Crippen molar-refractivity contribution in [3.05, 3.63) is 62.5 Å². The fourth-order valence-corrected chi connectivity index (χ4v) is 3.87. The summed E-state index contributed by atoms with van der Waals surface area (Å²) in [4.78, 5) is 15.6. The zero-order chi connectivity index (χ0) is 17.8. The van der Waals surface area contributed by atoms with Crippen molar-refractivity contribution < 1.29 is 9.18 Å². The molecule has 2 aromatic heterocycles. The Morgan fingerprint density at radius 1 is 1.28 bits per heavy atom. The second kappa shape index (κ2) is 7.81. The molecule has 1 amide bonds. The third-order valence-corrected chi connectivity index (χ3v) is 5.71. The van der Waals surface area contributed by atoms with Gasteiger partial charge in [-0.05, 0) is 49.7 Å². The van der Waals surface area contributed by atoms with E-state index in [9.17, 15) is 9.18 Å². The standard InChI is InChI=1S/C17H17FN4OS2/c1-11(14-4-3-9-24-14)22(2)10-15-20-21-17(25-15)16(23)19-13-7-5-12(18)6-8-13/h3-9,11H,10H2,1-2H3,(H,19,23). The molecule has 1 N–H and O–H groups in total. The Morgan fingerprint density at radius 2 is 2.04 bits per heavy atom. The number of amides is 1. The summed E-state index contributed by atoms with van der Waals surface area (Å²) in [6.07, 6.45) is 0. The molecular formula is C17H17FN4OS2. The molecule has 130 valence electrons. The van der Waals surface area contributed by atoms with E-state index in [0.717, 1.165) is 5.01 Å². The van der Waals surface area contributed by atoms with E-state index < -0.39 is 0 Å². The van der Waals surface area contributed by atoms with Crippen LogP contribution in [0.3, 0.4) is 0 Å². The van der Waals surface area contributed by atoms with Crippen LogP contribution in [-0.2, 0) is 6.54 Å². The van der Waals surface area contributed by atoms with Crippen LogP contribution in [0, 0.1) is 5.82 Å². The van der Waals surface area contributed by atoms with Crippen molar-refractivity contribution in [2.45, 2.75) is 19.5 Å². The maximum Gasteiger partial charge on any atom is 0.286 e. The summed E-state index contributed by atoms with van der Waals surface area (Å²) >= 11 is 2.98. The van der Waals surface area contributed by atoms with Crippen molar-refractivity contribution in [2.75, 3.05) is 12.4 Å². The molecule has 3 rings (SSSR count). The SMILES string of the molecule is CC(c1cccs1)N(C)Cc1nnc(C(=O)Nc2ccc(F)cc2)s1. The largest absolute Gasteiger partial charge is 0.320 e. The highest BCUT2D eigenvalue weighted by Crippen LogP contribution is 2.25.